The van der Waals surface area contributed by atoms with E-state index in [1.54, 1.807) is 0 Å². The highest BCUT2D eigenvalue weighted by Gasteiger charge is 2.41. The van der Waals surface area contributed by atoms with E-state index in [4.69, 9.17) is 4.74 Å². The van der Waals surface area contributed by atoms with Gasteiger partial charge in [-0.15, -0.1) is 0 Å². The number of ether oxygens (including phenoxy) is 1. The molecular weight excluding hydrogens is 362 g/mol. The zero-order valence-electron chi connectivity index (χ0n) is 17.9. The second kappa shape index (κ2) is 9.59. The fourth-order valence-corrected chi connectivity index (χ4v) is 5.44. The number of likely N-dealkylation sites (tertiary alicyclic amines) is 2. The number of hydrogen-bond acceptors (Lipinski definition) is 4. The fourth-order valence-electron chi connectivity index (χ4n) is 5.44. The van der Waals surface area contributed by atoms with E-state index >= 15 is 0 Å². The number of amides is 1. The number of carbonyl (C=O) groups excluding carboxylic acids is 1. The fraction of sp³-hybridized carbons (Fsp3) is 0.708. The molecule has 3 fully saturated rings. The van der Waals surface area contributed by atoms with E-state index in [9.17, 15) is 4.79 Å². The first-order valence-corrected chi connectivity index (χ1v) is 11.5. The van der Waals surface area contributed by atoms with Crippen LogP contribution in [0.25, 0.3) is 0 Å². The third-order valence-corrected chi connectivity index (χ3v) is 7.32. The molecule has 3 aliphatic rings. The molecule has 1 unspecified atom stereocenters. The van der Waals surface area contributed by atoms with Gasteiger partial charge >= 0.3 is 0 Å². The number of carbonyl (C=O) groups is 1. The highest BCUT2D eigenvalue weighted by atomic mass is 16.5. The van der Waals surface area contributed by atoms with Gasteiger partial charge in [0.2, 0.25) is 5.91 Å². The van der Waals surface area contributed by atoms with Gasteiger partial charge in [-0.2, -0.15) is 0 Å². The molecule has 1 N–H and O–H groups in total. The van der Waals surface area contributed by atoms with Gasteiger partial charge in [-0.05, 0) is 70.1 Å². The van der Waals surface area contributed by atoms with Crippen molar-refractivity contribution in [2.24, 2.45) is 5.92 Å². The molecule has 0 bridgehead atoms. The lowest BCUT2D eigenvalue weighted by Crippen LogP contribution is -2.53. The molecule has 0 aromatic heterocycles. The van der Waals surface area contributed by atoms with E-state index < -0.39 is 0 Å². The van der Waals surface area contributed by atoms with Gasteiger partial charge in [-0.25, -0.2) is 0 Å². The van der Waals surface area contributed by atoms with Gasteiger partial charge in [0.1, 0.15) is 0 Å². The van der Waals surface area contributed by atoms with Crippen LogP contribution in [0.5, 0.6) is 0 Å². The van der Waals surface area contributed by atoms with E-state index in [1.165, 1.54) is 25.9 Å². The number of piperidine rings is 2. The lowest BCUT2D eigenvalue weighted by atomic mass is 9.78. The standard InChI is InChI=1S/C24H37N3O2/c1-26-12-7-22(8-13-26)27-14-10-24(11-15-27)18-21(9-16-29-24)17-23(28)25-19-20-5-3-2-4-6-20/h2-6,21-22H,7-19H2,1H3,(H,25,28). The second-order valence-electron chi connectivity index (χ2n) is 9.43. The van der Waals surface area contributed by atoms with Crippen LogP contribution in [-0.4, -0.2) is 67.2 Å². The van der Waals surface area contributed by atoms with Crippen molar-refractivity contribution in [3.8, 4) is 0 Å². The molecule has 5 nitrogen and oxygen atoms in total. The third kappa shape index (κ3) is 5.59. The molecule has 4 rings (SSSR count). The number of hydrogen-bond donors (Lipinski definition) is 1. The van der Waals surface area contributed by atoms with Crippen molar-refractivity contribution in [3.05, 3.63) is 35.9 Å². The molecule has 3 aliphatic heterocycles. The van der Waals surface area contributed by atoms with Crippen LogP contribution in [0.2, 0.25) is 0 Å². The minimum absolute atomic E-state index is 0.0184. The number of rotatable bonds is 5. The first kappa shape index (κ1) is 20.8. The zero-order valence-corrected chi connectivity index (χ0v) is 17.9. The van der Waals surface area contributed by atoms with Crippen molar-refractivity contribution in [1.29, 1.82) is 0 Å². The summed E-state index contributed by atoms with van der Waals surface area (Å²) in [5.74, 6) is 0.633. The molecule has 0 aliphatic carbocycles. The average molecular weight is 400 g/mol. The topological polar surface area (TPSA) is 44.8 Å². The highest BCUT2D eigenvalue weighted by molar-refractivity contribution is 5.76. The Morgan fingerprint density at radius 1 is 1.10 bits per heavy atom. The summed E-state index contributed by atoms with van der Waals surface area (Å²) >= 11 is 0. The van der Waals surface area contributed by atoms with Crippen LogP contribution >= 0.6 is 0 Å². The van der Waals surface area contributed by atoms with Gasteiger partial charge in [0, 0.05) is 38.7 Å². The van der Waals surface area contributed by atoms with Crippen LogP contribution in [0.3, 0.4) is 0 Å². The van der Waals surface area contributed by atoms with Gasteiger partial charge in [0.25, 0.3) is 0 Å². The summed E-state index contributed by atoms with van der Waals surface area (Å²) in [4.78, 5) is 17.6. The Bertz CT molecular complexity index is 649. The van der Waals surface area contributed by atoms with Gasteiger partial charge in [-0.1, -0.05) is 30.3 Å². The summed E-state index contributed by atoms with van der Waals surface area (Å²) in [6.07, 6.45) is 7.55. The maximum atomic E-state index is 12.5. The lowest BCUT2D eigenvalue weighted by Gasteiger charge is -2.48. The second-order valence-corrected chi connectivity index (χ2v) is 9.43. The van der Waals surface area contributed by atoms with Crippen LogP contribution in [0.1, 0.15) is 50.5 Å². The van der Waals surface area contributed by atoms with Crippen LogP contribution in [0.4, 0.5) is 0 Å². The van der Waals surface area contributed by atoms with E-state index in [0.717, 1.165) is 57.0 Å². The van der Waals surface area contributed by atoms with Gasteiger partial charge in [0.05, 0.1) is 5.60 Å². The Morgan fingerprint density at radius 2 is 1.83 bits per heavy atom. The van der Waals surface area contributed by atoms with E-state index in [0.29, 0.717) is 18.9 Å². The van der Waals surface area contributed by atoms with Crippen molar-refractivity contribution in [2.45, 2.75) is 63.1 Å². The molecule has 5 heteroatoms. The average Bonchev–Trinajstić information content (AvgIpc) is 2.74. The molecule has 1 spiro atoms. The Labute approximate surface area is 175 Å². The predicted molar refractivity (Wildman–Crippen MR) is 116 cm³/mol. The van der Waals surface area contributed by atoms with Crippen molar-refractivity contribution in [2.75, 3.05) is 39.8 Å². The van der Waals surface area contributed by atoms with E-state index in [-0.39, 0.29) is 11.5 Å². The van der Waals surface area contributed by atoms with Crippen LogP contribution in [0.15, 0.2) is 30.3 Å². The van der Waals surface area contributed by atoms with Crippen molar-refractivity contribution < 1.29 is 9.53 Å². The molecule has 1 atom stereocenters. The van der Waals surface area contributed by atoms with Crippen molar-refractivity contribution in [3.63, 3.8) is 0 Å². The molecule has 0 saturated carbocycles. The quantitative estimate of drug-likeness (QED) is 0.827. The van der Waals surface area contributed by atoms with Crippen LogP contribution in [-0.2, 0) is 16.1 Å². The molecule has 1 aromatic rings. The highest BCUT2D eigenvalue weighted by Crippen LogP contribution is 2.39. The first-order chi connectivity index (χ1) is 14.1. The van der Waals surface area contributed by atoms with E-state index in [1.807, 2.05) is 18.2 Å². The predicted octanol–water partition coefficient (Wildman–Crippen LogP) is 3.05. The number of benzene rings is 1. The minimum atomic E-state index is 0.0184. The molecule has 160 valence electrons. The summed E-state index contributed by atoms with van der Waals surface area (Å²) in [6, 6.07) is 10.9. The SMILES string of the molecule is CN1CCC(N2CCC3(CC2)CC(CC(=O)NCc2ccccc2)CCO3)CC1. The Morgan fingerprint density at radius 3 is 2.55 bits per heavy atom. The van der Waals surface area contributed by atoms with Gasteiger partial charge < -0.3 is 19.9 Å². The monoisotopic (exact) mass is 399 g/mol. The van der Waals surface area contributed by atoms with Crippen LogP contribution < -0.4 is 5.32 Å². The maximum Gasteiger partial charge on any atom is 0.220 e. The van der Waals surface area contributed by atoms with Gasteiger partial charge in [-0.3, -0.25) is 4.79 Å². The van der Waals surface area contributed by atoms with E-state index in [2.05, 4.69) is 34.3 Å². The molecule has 3 saturated heterocycles. The summed E-state index contributed by atoms with van der Waals surface area (Å²) in [5, 5.41) is 3.10. The third-order valence-electron chi connectivity index (χ3n) is 7.32. The normalized spacial score (nSPS) is 26.4. The molecule has 1 amide bonds. The van der Waals surface area contributed by atoms with Crippen LogP contribution in [0, 0.1) is 5.92 Å². The Balaban J connectivity index is 1.22. The molecular formula is C24H37N3O2. The molecule has 1 aromatic carbocycles. The maximum absolute atomic E-state index is 12.5. The zero-order chi connectivity index (χ0) is 20.1. The largest absolute Gasteiger partial charge is 0.375 e. The summed E-state index contributed by atoms with van der Waals surface area (Å²) in [6.45, 7) is 6.19. The van der Waals surface area contributed by atoms with Crippen molar-refractivity contribution >= 4 is 5.91 Å². The Hall–Kier alpha value is -1.43. The lowest BCUT2D eigenvalue weighted by molar-refractivity contribution is -0.139. The van der Waals surface area contributed by atoms with Gasteiger partial charge in [0.15, 0.2) is 0 Å². The summed E-state index contributed by atoms with van der Waals surface area (Å²) in [5.41, 5.74) is 1.18. The summed E-state index contributed by atoms with van der Waals surface area (Å²) in [7, 11) is 2.23. The summed E-state index contributed by atoms with van der Waals surface area (Å²) < 4.78 is 6.33. The smallest absolute Gasteiger partial charge is 0.220 e. The number of nitrogens with one attached hydrogen (secondary N) is 1. The molecule has 3 heterocycles. The van der Waals surface area contributed by atoms with Crippen molar-refractivity contribution in [1.82, 2.24) is 15.1 Å². The Kier molecular flexibility index (Phi) is 6.88. The molecule has 29 heavy (non-hydrogen) atoms. The molecule has 0 radical (unpaired) electrons. The number of nitrogens with zero attached hydrogens (tertiary/aromatic N) is 2. The first-order valence-electron chi connectivity index (χ1n) is 11.5. The minimum Gasteiger partial charge on any atom is -0.375 e.